The predicted molar refractivity (Wildman–Crippen MR) is 109 cm³/mol. The van der Waals surface area contributed by atoms with Gasteiger partial charge in [0.05, 0.1) is 17.3 Å². The molecule has 1 fully saturated rings. The maximum absolute atomic E-state index is 13.2. The number of sulfone groups is 1. The van der Waals surface area contributed by atoms with Crippen molar-refractivity contribution in [2.45, 2.75) is 22.6 Å². The molecule has 2 aliphatic heterocycles. The normalized spacial score (nSPS) is 21.9. The zero-order valence-corrected chi connectivity index (χ0v) is 17.1. The molecule has 0 aliphatic carbocycles. The van der Waals surface area contributed by atoms with Gasteiger partial charge in [-0.2, -0.15) is 4.39 Å². The van der Waals surface area contributed by atoms with Gasteiger partial charge in [0.2, 0.25) is 11.8 Å². The summed E-state index contributed by atoms with van der Waals surface area (Å²) in [4.78, 5) is 10.5. The Morgan fingerprint density at radius 2 is 1.97 bits per heavy atom. The second kappa shape index (κ2) is 7.14. The Bertz CT molecular complexity index is 1210. The summed E-state index contributed by atoms with van der Waals surface area (Å²) < 4.78 is 44.8. The van der Waals surface area contributed by atoms with Gasteiger partial charge in [0.15, 0.2) is 9.84 Å². The number of halogens is 1. The molecule has 30 heavy (non-hydrogen) atoms. The van der Waals surface area contributed by atoms with Crippen LogP contribution in [0.3, 0.4) is 0 Å². The third kappa shape index (κ3) is 3.07. The van der Waals surface area contributed by atoms with Gasteiger partial charge in [0.1, 0.15) is 0 Å². The first-order chi connectivity index (χ1) is 14.5. The average molecular weight is 425 g/mol. The van der Waals surface area contributed by atoms with Crippen LogP contribution in [0.2, 0.25) is 0 Å². The predicted octanol–water partition coefficient (Wildman–Crippen LogP) is 3.05. The van der Waals surface area contributed by atoms with Gasteiger partial charge in [0.25, 0.3) is 0 Å². The summed E-state index contributed by atoms with van der Waals surface area (Å²) in [6.07, 6.45) is 3.14. The first-order valence-electron chi connectivity index (χ1n) is 9.67. The van der Waals surface area contributed by atoms with E-state index in [4.69, 9.17) is 4.74 Å². The Labute approximate surface area is 174 Å². The second-order valence-corrected chi connectivity index (χ2v) is 9.81. The van der Waals surface area contributed by atoms with Crippen LogP contribution < -0.4 is 4.74 Å². The lowest BCUT2D eigenvalue weighted by molar-refractivity contribution is 0.313. The number of nitrogens with zero attached hydrogens (tertiary/aromatic N) is 3. The standard InChI is InChI=1S/C22H20FN3O3S/c1-29-22-16(3-2-8-24-22)11-26-12-18-17-9-14(15-5-7-21(23)25-10-15)4-6-19(17)30(27,28)20(18)13-26/h2-10,18,20H,11-13H2,1H3/t18-,20-/m1/s1. The number of pyridine rings is 2. The van der Waals surface area contributed by atoms with Crippen LogP contribution in [0.5, 0.6) is 5.88 Å². The Hall–Kier alpha value is -2.84. The largest absolute Gasteiger partial charge is 0.481 e. The van der Waals surface area contributed by atoms with Crippen LogP contribution in [0.15, 0.2) is 59.8 Å². The van der Waals surface area contributed by atoms with Crippen molar-refractivity contribution in [2.75, 3.05) is 20.2 Å². The van der Waals surface area contributed by atoms with Crippen LogP contribution in [-0.4, -0.2) is 48.7 Å². The number of aromatic nitrogens is 2. The Balaban J connectivity index is 1.46. The fourth-order valence-electron chi connectivity index (χ4n) is 4.55. The number of hydrogen-bond acceptors (Lipinski definition) is 6. The molecule has 5 rings (SSSR count). The smallest absolute Gasteiger partial charge is 0.217 e. The van der Waals surface area contributed by atoms with E-state index in [1.54, 1.807) is 31.5 Å². The molecule has 0 N–H and O–H groups in total. The van der Waals surface area contributed by atoms with Crippen molar-refractivity contribution in [1.29, 1.82) is 0 Å². The van der Waals surface area contributed by atoms with Crippen LogP contribution in [0.1, 0.15) is 17.0 Å². The lowest BCUT2D eigenvalue weighted by Crippen LogP contribution is -2.26. The van der Waals surface area contributed by atoms with E-state index in [1.807, 2.05) is 18.2 Å². The summed E-state index contributed by atoms with van der Waals surface area (Å²) >= 11 is 0. The summed E-state index contributed by atoms with van der Waals surface area (Å²) in [5, 5.41) is -0.461. The highest BCUT2D eigenvalue weighted by Gasteiger charge is 2.50. The molecule has 0 radical (unpaired) electrons. The lowest BCUT2D eigenvalue weighted by Gasteiger charge is -2.18. The molecule has 6 nitrogen and oxygen atoms in total. The quantitative estimate of drug-likeness (QED) is 0.599. The maximum atomic E-state index is 13.2. The highest BCUT2D eigenvalue weighted by atomic mass is 32.2. The summed E-state index contributed by atoms with van der Waals surface area (Å²) in [5.41, 5.74) is 3.37. The molecule has 0 unspecified atom stereocenters. The maximum Gasteiger partial charge on any atom is 0.217 e. The van der Waals surface area contributed by atoms with E-state index >= 15 is 0 Å². The summed E-state index contributed by atoms with van der Waals surface area (Å²) in [5.74, 6) is -0.0789. The van der Waals surface area contributed by atoms with E-state index in [-0.39, 0.29) is 5.92 Å². The molecule has 2 aliphatic rings. The molecule has 154 valence electrons. The van der Waals surface area contributed by atoms with Gasteiger partial charge in [-0.25, -0.2) is 18.4 Å². The van der Waals surface area contributed by atoms with Crippen molar-refractivity contribution in [3.8, 4) is 17.0 Å². The molecule has 2 atom stereocenters. The average Bonchev–Trinajstić information content (AvgIpc) is 3.26. The van der Waals surface area contributed by atoms with E-state index in [1.165, 1.54) is 12.3 Å². The van der Waals surface area contributed by atoms with Crippen LogP contribution in [0.4, 0.5) is 4.39 Å². The number of hydrogen-bond donors (Lipinski definition) is 0. The molecule has 1 aromatic carbocycles. The van der Waals surface area contributed by atoms with Gasteiger partial charge in [-0.3, -0.25) is 4.90 Å². The second-order valence-electron chi connectivity index (χ2n) is 7.68. The number of fused-ring (bicyclic) bond motifs is 3. The SMILES string of the molecule is COc1ncccc1CN1C[C@@H]2c3cc(-c4ccc(F)nc4)ccc3S(=O)(=O)[C@@H]2C1. The molecule has 0 saturated carbocycles. The van der Waals surface area contributed by atoms with Crippen LogP contribution in [0.25, 0.3) is 11.1 Å². The molecule has 2 aromatic heterocycles. The lowest BCUT2D eigenvalue weighted by atomic mass is 9.95. The van der Waals surface area contributed by atoms with Gasteiger partial charge < -0.3 is 4.74 Å². The molecule has 0 bridgehead atoms. The molecular weight excluding hydrogens is 405 g/mol. The number of methoxy groups -OCH3 is 1. The monoisotopic (exact) mass is 425 g/mol. The van der Waals surface area contributed by atoms with Gasteiger partial charge in [-0.05, 0) is 41.5 Å². The van der Waals surface area contributed by atoms with Crippen LogP contribution >= 0.6 is 0 Å². The molecule has 0 amide bonds. The van der Waals surface area contributed by atoms with Crippen molar-refractivity contribution in [3.63, 3.8) is 0 Å². The number of likely N-dealkylation sites (tertiary alicyclic amines) is 1. The fourth-order valence-corrected chi connectivity index (χ4v) is 6.74. The van der Waals surface area contributed by atoms with E-state index in [0.717, 1.165) is 22.3 Å². The highest BCUT2D eigenvalue weighted by molar-refractivity contribution is 7.92. The summed E-state index contributed by atoms with van der Waals surface area (Å²) in [6.45, 7) is 1.68. The first kappa shape index (κ1) is 19.1. The topological polar surface area (TPSA) is 72.4 Å². The fraction of sp³-hybridized carbons (Fsp3) is 0.273. The third-order valence-corrected chi connectivity index (χ3v) is 8.21. The minimum atomic E-state index is -3.39. The van der Waals surface area contributed by atoms with Gasteiger partial charge in [-0.1, -0.05) is 12.1 Å². The Morgan fingerprint density at radius 1 is 1.13 bits per heavy atom. The number of benzene rings is 1. The minimum absolute atomic E-state index is 0.0963. The molecule has 3 aromatic rings. The first-order valence-corrected chi connectivity index (χ1v) is 11.2. The highest BCUT2D eigenvalue weighted by Crippen LogP contribution is 2.46. The minimum Gasteiger partial charge on any atom is -0.481 e. The van der Waals surface area contributed by atoms with Gasteiger partial charge >= 0.3 is 0 Å². The summed E-state index contributed by atoms with van der Waals surface area (Å²) in [6, 6.07) is 12.1. The Morgan fingerprint density at radius 3 is 2.73 bits per heavy atom. The molecular formula is C22H20FN3O3S. The van der Waals surface area contributed by atoms with Crippen molar-refractivity contribution in [3.05, 3.63) is 71.9 Å². The number of rotatable bonds is 4. The third-order valence-electron chi connectivity index (χ3n) is 5.95. The van der Waals surface area contributed by atoms with E-state index < -0.39 is 21.0 Å². The van der Waals surface area contributed by atoms with Crippen molar-refractivity contribution in [1.82, 2.24) is 14.9 Å². The number of ether oxygens (including phenoxy) is 1. The zero-order chi connectivity index (χ0) is 20.9. The van der Waals surface area contributed by atoms with E-state index in [0.29, 0.717) is 30.4 Å². The van der Waals surface area contributed by atoms with Crippen LogP contribution in [-0.2, 0) is 16.4 Å². The zero-order valence-electron chi connectivity index (χ0n) is 16.3. The molecule has 0 spiro atoms. The van der Waals surface area contributed by atoms with Crippen LogP contribution in [0, 0.1) is 5.95 Å². The van der Waals surface area contributed by atoms with Gasteiger partial charge in [-0.15, -0.1) is 0 Å². The molecule has 8 heteroatoms. The summed E-state index contributed by atoms with van der Waals surface area (Å²) in [7, 11) is -1.81. The molecule has 1 saturated heterocycles. The van der Waals surface area contributed by atoms with Crippen molar-refractivity contribution in [2.24, 2.45) is 0 Å². The van der Waals surface area contributed by atoms with Crippen molar-refractivity contribution >= 4 is 9.84 Å². The Kier molecular flexibility index (Phi) is 4.56. The van der Waals surface area contributed by atoms with Crippen molar-refractivity contribution < 1.29 is 17.5 Å². The molecule has 4 heterocycles. The van der Waals surface area contributed by atoms with E-state index in [2.05, 4.69) is 14.9 Å². The van der Waals surface area contributed by atoms with Gasteiger partial charge in [0, 0.05) is 49.1 Å². The van der Waals surface area contributed by atoms with E-state index in [9.17, 15) is 12.8 Å².